The minimum absolute atomic E-state index is 0.773. The van der Waals surface area contributed by atoms with Crippen LogP contribution in [0, 0.1) is 17.8 Å². The minimum atomic E-state index is 0.773. The van der Waals surface area contributed by atoms with Crippen LogP contribution in [0.15, 0.2) is 0 Å². The highest BCUT2D eigenvalue weighted by Gasteiger charge is 2.41. The van der Waals surface area contributed by atoms with Gasteiger partial charge in [-0.25, -0.2) is 0 Å². The molecular weight excluding hydrogens is 220 g/mol. The largest absolute Gasteiger partial charge is 0.311 e. The van der Waals surface area contributed by atoms with Gasteiger partial charge in [-0.1, -0.05) is 20.8 Å². The number of nitrogens with zero attached hydrogens (tertiary/aromatic N) is 1. The molecule has 4 unspecified atom stereocenters. The Labute approximate surface area is 113 Å². The van der Waals surface area contributed by atoms with Crippen LogP contribution in [0.4, 0.5) is 0 Å². The Hall–Kier alpha value is -0.0800. The number of rotatable bonds is 3. The predicted octanol–water partition coefficient (Wildman–Crippen LogP) is 2.88. The molecule has 0 aromatic rings. The van der Waals surface area contributed by atoms with E-state index in [0.717, 1.165) is 35.9 Å². The lowest BCUT2D eigenvalue weighted by Gasteiger charge is -2.46. The van der Waals surface area contributed by atoms with Gasteiger partial charge < -0.3 is 5.32 Å². The summed E-state index contributed by atoms with van der Waals surface area (Å²) >= 11 is 0. The molecule has 0 aromatic heterocycles. The van der Waals surface area contributed by atoms with E-state index in [4.69, 9.17) is 0 Å². The van der Waals surface area contributed by atoms with Crippen LogP contribution in [0.2, 0.25) is 0 Å². The second-order valence-electron chi connectivity index (χ2n) is 7.43. The topological polar surface area (TPSA) is 15.3 Å². The third-order valence-corrected chi connectivity index (χ3v) is 5.52. The van der Waals surface area contributed by atoms with E-state index in [-0.39, 0.29) is 0 Å². The van der Waals surface area contributed by atoms with E-state index in [1.807, 2.05) is 0 Å². The standard InChI is InChI=1S/C16H30N2/c1-11(2)16-9-17-15(13-5-6-13)10-18(16)14-7-4-12(3)8-14/h11-17H,4-10H2,1-3H3. The molecule has 0 amide bonds. The van der Waals surface area contributed by atoms with Gasteiger partial charge >= 0.3 is 0 Å². The van der Waals surface area contributed by atoms with Gasteiger partial charge in [0.2, 0.25) is 0 Å². The Morgan fingerprint density at radius 1 is 1.11 bits per heavy atom. The van der Waals surface area contributed by atoms with Crippen molar-refractivity contribution in [2.45, 2.75) is 71.0 Å². The van der Waals surface area contributed by atoms with Crippen LogP contribution in [-0.2, 0) is 0 Å². The van der Waals surface area contributed by atoms with Crippen molar-refractivity contribution in [2.75, 3.05) is 13.1 Å². The highest BCUT2D eigenvalue weighted by Crippen LogP contribution is 2.37. The molecule has 0 bridgehead atoms. The first-order valence-electron chi connectivity index (χ1n) is 8.14. The molecule has 1 N–H and O–H groups in total. The van der Waals surface area contributed by atoms with Gasteiger partial charge in [0.15, 0.2) is 0 Å². The summed E-state index contributed by atoms with van der Waals surface area (Å²) in [6.45, 7) is 9.78. The van der Waals surface area contributed by atoms with Gasteiger partial charge in [-0.3, -0.25) is 4.90 Å². The van der Waals surface area contributed by atoms with E-state index in [2.05, 4.69) is 31.0 Å². The predicted molar refractivity (Wildman–Crippen MR) is 76.6 cm³/mol. The van der Waals surface area contributed by atoms with Crippen LogP contribution in [0.3, 0.4) is 0 Å². The second kappa shape index (κ2) is 5.13. The number of hydrogen-bond donors (Lipinski definition) is 1. The van der Waals surface area contributed by atoms with Crippen LogP contribution >= 0.6 is 0 Å². The zero-order valence-corrected chi connectivity index (χ0v) is 12.4. The van der Waals surface area contributed by atoms with Gasteiger partial charge in [0.05, 0.1) is 0 Å². The molecule has 0 aromatic carbocycles. The SMILES string of the molecule is CC1CCC(N2CC(C3CC3)NCC2C(C)C)C1. The molecule has 0 radical (unpaired) electrons. The van der Waals surface area contributed by atoms with E-state index in [0.29, 0.717) is 0 Å². The molecule has 1 aliphatic heterocycles. The van der Waals surface area contributed by atoms with Crippen molar-refractivity contribution in [3.05, 3.63) is 0 Å². The lowest BCUT2D eigenvalue weighted by molar-refractivity contribution is 0.0516. The van der Waals surface area contributed by atoms with E-state index in [1.54, 1.807) is 0 Å². The molecule has 1 heterocycles. The zero-order valence-electron chi connectivity index (χ0n) is 12.4. The summed E-state index contributed by atoms with van der Waals surface area (Å²) in [5, 5.41) is 3.84. The molecule has 0 spiro atoms. The third kappa shape index (κ3) is 2.60. The molecular formula is C16H30N2. The zero-order chi connectivity index (χ0) is 12.7. The first-order chi connectivity index (χ1) is 8.65. The van der Waals surface area contributed by atoms with Gasteiger partial charge in [-0.15, -0.1) is 0 Å². The maximum Gasteiger partial charge on any atom is 0.0247 e. The fourth-order valence-electron chi connectivity index (χ4n) is 4.15. The first kappa shape index (κ1) is 12.9. The van der Waals surface area contributed by atoms with Crippen LogP contribution in [0.25, 0.3) is 0 Å². The van der Waals surface area contributed by atoms with E-state index in [9.17, 15) is 0 Å². The molecule has 2 aliphatic carbocycles. The highest BCUT2D eigenvalue weighted by molar-refractivity contribution is 4.98. The lowest BCUT2D eigenvalue weighted by Crippen LogP contribution is -2.61. The van der Waals surface area contributed by atoms with Crippen molar-refractivity contribution in [3.63, 3.8) is 0 Å². The Bertz CT molecular complexity index is 285. The fraction of sp³-hybridized carbons (Fsp3) is 1.00. The van der Waals surface area contributed by atoms with Crippen molar-refractivity contribution in [3.8, 4) is 0 Å². The minimum Gasteiger partial charge on any atom is -0.311 e. The molecule has 3 aliphatic rings. The molecule has 18 heavy (non-hydrogen) atoms. The van der Waals surface area contributed by atoms with Crippen molar-refractivity contribution < 1.29 is 0 Å². The molecule has 1 saturated heterocycles. The lowest BCUT2D eigenvalue weighted by atomic mass is 9.94. The molecule has 2 nitrogen and oxygen atoms in total. The molecule has 3 rings (SSSR count). The van der Waals surface area contributed by atoms with Gasteiger partial charge in [0.1, 0.15) is 0 Å². The summed E-state index contributed by atoms with van der Waals surface area (Å²) in [6, 6.07) is 2.46. The summed E-state index contributed by atoms with van der Waals surface area (Å²) in [5.41, 5.74) is 0. The van der Waals surface area contributed by atoms with Gasteiger partial charge in [-0.05, 0) is 49.9 Å². The number of nitrogens with one attached hydrogen (secondary N) is 1. The smallest absolute Gasteiger partial charge is 0.0247 e. The highest BCUT2D eigenvalue weighted by atomic mass is 15.3. The molecule has 2 saturated carbocycles. The van der Waals surface area contributed by atoms with Gasteiger partial charge in [0.25, 0.3) is 0 Å². The number of hydrogen-bond acceptors (Lipinski definition) is 2. The quantitative estimate of drug-likeness (QED) is 0.828. The van der Waals surface area contributed by atoms with Crippen LogP contribution in [0.5, 0.6) is 0 Å². The Morgan fingerprint density at radius 3 is 2.44 bits per heavy atom. The summed E-state index contributed by atoms with van der Waals surface area (Å²) in [4.78, 5) is 2.90. The van der Waals surface area contributed by atoms with Gasteiger partial charge in [0, 0.05) is 31.2 Å². The average Bonchev–Trinajstić information content (AvgIpc) is 3.11. The fourth-order valence-corrected chi connectivity index (χ4v) is 4.15. The maximum atomic E-state index is 3.84. The van der Waals surface area contributed by atoms with Gasteiger partial charge in [-0.2, -0.15) is 0 Å². The first-order valence-corrected chi connectivity index (χ1v) is 8.14. The Morgan fingerprint density at radius 2 is 1.89 bits per heavy atom. The number of piperazine rings is 1. The monoisotopic (exact) mass is 250 g/mol. The van der Waals surface area contributed by atoms with Crippen molar-refractivity contribution >= 4 is 0 Å². The van der Waals surface area contributed by atoms with Crippen molar-refractivity contribution in [1.82, 2.24) is 10.2 Å². The normalized spacial score (nSPS) is 42.7. The van der Waals surface area contributed by atoms with E-state index < -0.39 is 0 Å². The van der Waals surface area contributed by atoms with Crippen LogP contribution in [-0.4, -0.2) is 36.1 Å². The molecule has 4 atom stereocenters. The van der Waals surface area contributed by atoms with Crippen molar-refractivity contribution in [2.24, 2.45) is 17.8 Å². The summed E-state index contributed by atoms with van der Waals surface area (Å²) in [5.74, 6) is 2.74. The molecule has 104 valence electrons. The second-order valence-corrected chi connectivity index (χ2v) is 7.43. The summed E-state index contributed by atoms with van der Waals surface area (Å²) in [7, 11) is 0. The van der Waals surface area contributed by atoms with Crippen LogP contribution in [0.1, 0.15) is 52.9 Å². The molecule has 2 heteroatoms. The van der Waals surface area contributed by atoms with E-state index >= 15 is 0 Å². The summed E-state index contributed by atoms with van der Waals surface area (Å²) < 4.78 is 0. The van der Waals surface area contributed by atoms with E-state index in [1.165, 1.54) is 45.2 Å². The Kier molecular flexibility index (Phi) is 3.68. The molecule has 3 fully saturated rings. The maximum absolute atomic E-state index is 3.84. The van der Waals surface area contributed by atoms with Crippen LogP contribution < -0.4 is 5.32 Å². The average molecular weight is 250 g/mol. The summed E-state index contributed by atoms with van der Waals surface area (Å²) in [6.07, 6.45) is 7.29. The van der Waals surface area contributed by atoms with Crippen molar-refractivity contribution in [1.29, 1.82) is 0 Å². The third-order valence-electron chi connectivity index (χ3n) is 5.52. The Balaban J connectivity index is 1.68.